The zero-order valence-electron chi connectivity index (χ0n) is 10.5. The normalized spacial score (nSPS) is 12.4. The first-order valence-electron chi connectivity index (χ1n) is 6.27. The highest BCUT2D eigenvalue weighted by molar-refractivity contribution is 7.10. The molecule has 3 aromatic rings. The van der Waals surface area contributed by atoms with Gasteiger partial charge in [0.25, 0.3) is 0 Å². The second-order valence-corrected chi connectivity index (χ2v) is 6.33. The van der Waals surface area contributed by atoms with Gasteiger partial charge in [-0.1, -0.05) is 42.5 Å². The van der Waals surface area contributed by atoms with Gasteiger partial charge in [-0.2, -0.15) is 0 Å². The fourth-order valence-corrected chi connectivity index (χ4v) is 3.58. The smallest absolute Gasteiger partial charge is 0.0673 e. The van der Waals surface area contributed by atoms with E-state index >= 15 is 0 Å². The minimum absolute atomic E-state index is 0.281. The molecule has 0 saturated carbocycles. The molecular formula is C16H15NS2. The molecule has 3 rings (SSSR count). The number of rotatable bonds is 5. The van der Waals surface area contributed by atoms with E-state index in [1.54, 1.807) is 22.7 Å². The second-order valence-electron chi connectivity index (χ2n) is 4.32. The number of hydrogen-bond donors (Lipinski definition) is 1. The van der Waals surface area contributed by atoms with Gasteiger partial charge in [-0.3, -0.25) is 0 Å². The van der Waals surface area contributed by atoms with Crippen LogP contribution < -0.4 is 5.32 Å². The van der Waals surface area contributed by atoms with Crippen LogP contribution in [-0.2, 0) is 6.54 Å². The third-order valence-corrected chi connectivity index (χ3v) is 4.83. The van der Waals surface area contributed by atoms with E-state index in [1.165, 1.54) is 15.3 Å². The largest absolute Gasteiger partial charge is 0.301 e. The van der Waals surface area contributed by atoms with Crippen molar-refractivity contribution in [3.8, 4) is 0 Å². The molecule has 1 nitrogen and oxygen atoms in total. The van der Waals surface area contributed by atoms with Crippen molar-refractivity contribution in [2.24, 2.45) is 0 Å². The van der Waals surface area contributed by atoms with Crippen LogP contribution in [0.15, 0.2) is 65.4 Å². The van der Waals surface area contributed by atoms with E-state index < -0.39 is 0 Å². The maximum atomic E-state index is 3.66. The Morgan fingerprint density at radius 3 is 2.32 bits per heavy atom. The lowest BCUT2D eigenvalue weighted by atomic mass is 10.1. The third kappa shape index (κ3) is 3.13. The molecule has 3 heteroatoms. The van der Waals surface area contributed by atoms with Gasteiger partial charge in [0.15, 0.2) is 0 Å². The van der Waals surface area contributed by atoms with Crippen molar-refractivity contribution < 1.29 is 0 Å². The lowest BCUT2D eigenvalue weighted by molar-refractivity contribution is 0.618. The zero-order chi connectivity index (χ0) is 12.9. The second kappa shape index (κ2) is 6.15. The summed E-state index contributed by atoms with van der Waals surface area (Å²) >= 11 is 3.60. The molecule has 0 radical (unpaired) electrons. The Morgan fingerprint density at radius 1 is 0.842 bits per heavy atom. The highest BCUT2D eigenvalue weighted by Gasteiger charge is 2.14. The molecule has 1 atom stereocenters. The van der Waals surface area contributed by atoms with Crippen molar-refractivity contribution in [2.45, 2.75) is 12.6 Å². The molecule has 2 heterocycles. The van der Waals surface area contributed by atoms with Crippen molar-refractivity contribution in [3.05, 3.63) is 80.7 Å². The predicted molar refractivity (Wildman–Crippen MR) is 83.8 cm³/mol. The van der Waals surface area contributed by atoms with E-state index in [4.69, 9.17) is 0 Å². The lowest BCUT2D eigenvalue weighted by Gasteiger charge is -2.17. The van der Waals surface area contributed by atoms with Crippen LogP contribution in [0.5, 0.6) is 0 Å². The van der Waals surface area contributed by atoms with Gasteiger partial charge in [0.05, 0.1) is 6.04 Å². The summed E-state index contributed by atoms with van der Waals surface area (Å²) < 4.78 is 0. The molecule has 1 aromatic carbocycles. The number of benzene rings is 1. The van der Waals surface area contributed by atoms with Crippen molar-refractivity contribution >= 4 is 22.7 Å². The van der Waals surface area contributed by atoms with E-state index in [2.05, 4.69) is 70.7 Å². The SMILES string of the molecule is c1ccc(C(NCc2cccs2)c2cccs2)cc1. The Hall–Kier alpha value is -1.42. The molecule has 0 aliphatic carbocycles. The monoisotopic (exact) mass is 285 g/mol. The topological polar surface area (TPSA) is 12.0 Å². The van der Waals surface area contributed by atoms with Crippen molar-refractivity contribution in [3.63, 3.8) is 0 Å². The van der Waals surface area contributed by atoms with Gasteiger partial charge in [0.1, 0.15) is 0 Å². The summed E-state index contributed by atoms with van der Waals surface area (Å²) in [4.78, 5) is 2.74. The van der Waals surface area contributed by atoms with E-state index in [0.29, 0.717) is 0 Å². The molecule has 1 N–H and O–H groups in total. The maximum absolute atomic E-state index is 3.66. The first-order valence-corrected chi connectivity index (χ1v) is 8.03. The van der Waals surface area contributed by atoms with Gasteiger partial charge in [0.2, 0.25) is 0 Å². The average molecular weight is 285 g/mol. The third-order valence-electron chi connectivity index (χ3n) is 3.02. The summed E-state index contributed by atoms with van der Waals surface area (Å²) in [5.74, 6) is 0. The quantitative estimate of drug-likeness (QED) is 0.717. The Morgan fingerprint density at radius 2 is 1.63 bits per heavy atom. The highest BCUT2D eigenvalue weighted by Crippen LogP contribution is 2.26. The van der Waals surface area contributed by atoms with Crippen LogP contribution >= 0.6 is 22.7 Å². The van der Waals surface area contributed by atoms with Gasteiger partial charge in [-0.25, -0.2) is 0 Å². The van der Waals surface area contributed by atoms with E-state index in [1.807, 2.05) is 0 Å². The van der Waals surface area contributed by atoms with Crippen LogP contribution in [0.1, 0.15) is 21.4 Å². The fourth-order valence-electron chi connectivity index (χ4n) is 2.10. The molecule has 96 valence electrons. The van der Waals surface area contributed by atoms with Crippen LogP contribution in [0.3, 0.4) is 0 Å². The van der Waals surface area contributed by atoms with E-state index in [9.17, 15) is 0 Å². The summed E-state index contributed by atoms with van der Waals surface area (Å²) in [7, 11) is 0. The predicted octanol–water partition coefficient (Wildman–Crippen LogP) is 4.69. The summed E-state index contributed by atoms with van der Waals surface area (Å²) in [5.41, 5.74) is 1.32. The van der Waals surface area contributed by atoms with Crippen molar-refractivity contribution in [1.29, 1.82) is 0 Å². The lowest BCUT2D eigenvalue weighted by Crippen LogP contribution is -2.20. The standard InChI is InChI=1S/C16H15NS2/c1-2-6-13(7-3-1)16(15-9-5-11-19-15)17-12-14-8-4-10-18-14/h1-11,16-17H,12H2. The molecule has 0 aliphatic rings. The molecule has 0 saturated heterocycles. The minimum atomic E-state index is 0.281. The van der Waals surface area contributed by atoms with Gasteiger partial charge in [0, 0.05) is 16.3 Å². The zero-order valence-corrected chi connectivity index (χ0v) is 12.1. The fraction of sp³-hybridized carbons (Fsp3) is 0.125. The first kappa shape index (κ1) is 12.6. The Kier molecular flexibility index (Phi) is 4.08. The van der Waals surface area contributed by atoms with E-state index in [-0.39, 0.29) is 6.04 Å². The average Bonchev–Trinajstić information content (AvgIpc) is 3.13. The molecule has 0 amide bonds. The van der Waals surface area contributed by atoms with Crippen LogP contribution in [0.2, 0.25) is 0 Å². The highest BCUT2D eigenvalue weighted by atomic mass is 32.1. The van der Waals surface area contributed by atoms with Crippen molar-refractivity contribution in [2.75, 3.05) is 0 Å². The summed E-state index contributed by atoms with van der Waals surface area (Å²) in [6.07, 6.45) is 0. The molecule has 1 unspecified atom stereocenters. The molecule has 19 heavy (non-hydrogen) atoms. The molecule has 0 spiro atoms. The van der Waals surface area contributed by atoms with Crippen LogP contribution in [0.4, 0.5) is 0 Å². The van der Waals surface area contributed by atoms with Crippen LogP contribution in [-0.4, -0.2) is 0 Å². The summed E-state index contributed by atoms with van der Waals surface area (Å²) in [6.45, 7) is 0.912. The first-order chi connectivity index (χ1) is 9.43. The van der Waals surface area contributed by atoms with Gasteiger partial charge in [-0.15, -0.1) is 22.7 Å². The molecule has 2 aromatic heterocycles. The Bertz CT molecular complexity index is 585. The molecule has 0 fully saturated rings. The maximum Gasteiger partial charge on any atom is 0.0673 e. The number of hydrogen-bond acceptors (Lipinski definition) is 3. The number of nitrogens with one attached hydrogen (secondary N) is 1. The van der Waals surface area contributed by atoms with Gasteiger partial charge < -0.3 is 5.32 Å². The number of thiophene rings is 2. The van der Waals surface area contributed by atoms with Crippen molar-refractivity contribution in [1.82, 2.24) is 5.32 Å². The molecular weight excluding hydrogens is 270 g/mol. The van der Waals surface area contributed by atoms with Crippen LogP contribution in [0, 0.1) is 0 Å². The van der Waals surface area contributed by atoms with Gasteiger partial charge in [-0.05, 0) is 28.5 Å². The summed E-state index contributed by atoms with van der Waals surface area (Å²) in [5, 5.41) is 7.92. The van der Waals surface area contributed by atoms with Crippen LogP contribution in [0.25, 0.3) is 0 Å². The molecule has 0 bridgehead atoms. The Balaban J connectivity index is 1.81. The van der Waals surface area contributed by atoms with E-state index in [0.717, 1.165) is 6.54 Å². The minimum Gasteiger partial charge on any atom is -0.301 e. The van der Waals surface area contributed by atoms with Gasteiger partial charge >= 0.3 is 0 Å². The molecule has 0 aliphatic heterocycles. The summed E-state index contributed by atoms with van der Waals surface area (Å²) in [6, 6.07) is 19.5. The Labute approximate surface area is 121 Å².